The molecular weight excluding hydrogens is 272 g/mol. The number of allylic oxidation sites excluding steroid dienone is 1. The van der Waals surface area contributed by atoms with Crippen molar-refractivity contribution in [3.63, 3.8) is 0 Å². The van der Waals surface area contributed by atoms with E-state index in [0.717, 1.165) is 0 Å². The molecule has 0 aliphatic carbocycles. The molecule has 0 saturated carbocycles. The van der Waals surface area contributed by atoms with E-state index in [1.54, 1.807) is 0 Å². The Morgan fingerprint density at radius 2 is 2.40 bits per heavy atom. The van der Waals surface area contributed by atoms with Gasteiger partial charge in [-0.05, 0) is 0 Å². The van der Waals surface area contributed by atoms with Gasteiger partial charge in [0.15, 0.2) is 0 Å². The number of hydrogen-bond acceptors (Lipinski definition) is 0. The molecule has 0 spiro atoms. The minimum absolute atomic E-state index is 0.852. The predicted molar refractivity (Wildman–Crippen MR) is 20.7 cm³/mol. The van der Waals surface area contributed by atoms with Gasteiger partial charge in [0, 0.05) is 0 Å². The van der Waals surface area contributed by atoms with Crippen LogP contribution in [-0.2, 0) is 23.3 Å². The first-order valence-corrected chi connectivity index (χ1v) is 11.5. The fourth-order valence-corrected chi connectivity index (χ4v) is 2.35. The molecule has 0 atom stereocenters. The van der Waals surface area contributed by atoms with E-state index in [2.05, 4.69) is 3.58 Å². The van der Waals surface area contributed by atoms with Gasteiger partial charge < -0.3 is 0 Å². The average Bonchev–Trinajstić information content (AvgIpc) is 1.41. The molecule has 2 heteroatoms. The van der Waals surface area contributed by atoms with E-state index in [1.807, 2.05) is 13.0 Å². The first-order chi connectivity index (χ1) is 2.41. The molecule has 0 radical (unpaired) electrons. The summed E-state index contributed by atoms with van der Waals surface area (Å²) in [4.78, 5) is 0. The molecule has 0 amide bonds. The Bertz CT molecular complexity index is 33.9. The summed E-state index contributed by atoms with van der Waals surface area (Å²) >= 11 is -0.852. The molecule has 0 nitrogen and oxygen atoms in total. The van der Waals surface area contributed by atoms with Gasteiger partial charge in [0.05, 0.1) is 0 Å². The van der Waals surface area contributed by atoms with Crippen molar-refractivity contribution in [1.29, 1.82) is 0 Å². The second kappa shape index (κ2) is 4.97. The van der Waals surface area contributed by atoms with Crippen LogP contribution in [0.5, 0.6) is 0 Å². The fourth-order valence-electron chi connectivity index (χ4n) is 0.0891. The van der Waals surface area contributed by atoms with Crippen LogP contribution in [0.1, 0.15) is 6.92 Å². The summed E-state index contributed by atoms with van der Waals surface area (Å²) < 4.78 is 2.11. The molecule has 0 aliphatic heterocycles. The Hall–Kier alpha value is 0.965. The molecule has 0 rings (SSSR count). The quantitative estimate of drug-likeness (QED) is 0.641. The van der Waals surface area contributed by atoms with Crippen molar-refractivity contribution in [2.24, 2.45) is 0 Å². The van der Waals surface area contributed by atoms with E-state index >= 15 is 0 Å². The van der Waals surface area contributed by atoms with Gasteiger partial charge in [-0.1, -0.05) is 0 Å². The summed E-state index contributed by atoms with van der Waals surface area (Å²) in [6, 6.07) is 0. The Morgan fingerprint density at radius 1 is 1.80 bits per heavy atom. The van der Waals surface area contributed by atoms with Crippen molar-refractivity contribution >= 4 is 8.25 Å². The van der Waals surface area contributed by atoms with E-state index in [9.17, 15) is 0 Å². The van der Waals surface area contributed by atoms with E-state index in [0.29, 0.717) is 0 Å². The Kier molecular flexibility index (Phi) is 5.92. The summed E-state index contributed by atoms with van der Waals surface area (Å²) in [6.45, 7) is 2.00. The topological polar surface area (TPSA) is 0 Å². The fraction of sp³-hybridized carbons (Fsp3) is 0.333. The third-order valence-electron chi connectivity index (χ3n) is 0.325. The zero-order valence-corrected chi connectivity index (χ0v) is 9.49. The molecule has 0 bridgehead atoms. The van der Waals surface area contributed by atoms with Gasteiger partial charge >= 0.3 is 48.2 Å². The minimum atomic E-state index is -0.852. The number of rotatable bonds is 1. The van der Waals surface area contributed by atoms with E-state index < -0.39 is 23.3 Å². The van der Waals surface area contributed by atoms with Crippen molar-refractivity contribution in [3.05, 3.63) is 9.66 Å². The maximum atomic E-state index is 5.44. The molecule has 0 aromatic carbocycles. The van der Waals surface area contributed by atoms with Crippen LogP contribution in [0.3, 0.4) is 0 Å². The van der Waals surface area contributed by atoms with Crippen LogP contribution in [0.4, 0.5) is 0 Å². The summed E-state index contributed by atoms with van der Waals surface area (Å²) in [6.07, 6.45) is 2.02. The van der Waals surface area contributed by atoms with Crippen molar-refractivity contribution in [2.45, 2.75) is 6.92 Å². The number of halogens is 1. The zero-order valence-electron chi connectivity index (χ0n) is 3.24. The van der Waals surface area contributed by atoms with Crippen LogP contribution in [0.15, 0.2) is 9.66 Å². The van der Waals surface area contributed by atoms with E-state index in [-0.39, 0.29) is 0 Å². The molecule has 0 aromatic heterocycles. The van der Waals surface area contributed by atoms with Crippen molar-refractivity contribution in [2.75, 3.05) is 0 Å². The van der Waals surface area contributed by atoms with Gasteiger partial charge in [-0.3, -0.25) is 0 Å². The Balaban J connectivity index is 2.62. The molecule has 0 fully saturated rings. The monoisotopic (exact) mass is 278 g/mol. The van der Waals surface area contributed by atoms with Gasteiger partial charge in [0.25, 0.3) is 0 Å². The van der Waals surface area contributed by atoms with E-state index in [4.69, 9.17) is 8.25 Å². The SMILES string of the molecule is C/C=[CH]/[Hg][Cl]. The second-order valence-electron chi connectivity index (χ2n) is 0.723. The second-order valence-corrected chi connectivity index (χ2v) is 6.46. The van der Waals surface area contributed by atoms with Crippen LogP contribution in [0, 0.1) is 0 Å². The van der Waals surface area contributed by atoms with Crippen molar-refractivity contribution in [1.82, 2.24) is 0 Å². The Labute approximate surface area is 48.1 Å². The average molecular weight is 277 g/mol. The maximum absolute atomic E-state index is 5.44. The van der Waals surface area contributed by atoms with Crippen LogP contribution in [0.25, 0.3) is 0 Å². The standard InChI is InChI=1S/C3H5.ClH.Hg/c1-3-2;;/h1,3H,2H3;1H;/q;;+1/p-1. The predicted octanol–water partition coefficient (Wildman–Crippen LogP) is 1.76. The Morgan fingerprint density at radius 3 is 2.40 bits per heavy atom. The molecule has 26 valence electrons. The van der Waals surface area contributed by atoms with Crippen molar-refractivity contribution in [3.8, 4) is 0 Å². The van der Waals surface area contributed by atoms with Gasteiger partial charge in [-0.2, -0.15) is 0 Å². The molecule has 0 saturated heterocycles. The zero-order chi connectivity index (χ0) is 4.12. The van der Waals surface area contributed by atoms with Gasteiger partial charge in [0.2, 0.25) is 0 Å². The summed E-state index contributed by atoms with van der Waals surface area (Å²) in [7, 11) is 5.44. The third-order valence-corrected chi connectivity index (χ3v) is 4.41. The molecule has 0 unspecified atom stereocenters. The van der Waals surface area contributed by atoms with Crippen LogP contribution in [-0.4, -0.2) is 0 Å². The molecule has 0 N–H and O–H groups in total. The first-order valence-electron chi connectivity index (χ1n) is 1.59. The molecule has 0 aromatic rings. The normalized spacial score (nSPS) is 8.40. The molecular formula is C3H5ClHg. The van der Waals surface area contributed by atoms with Crippen LogP contribution < -0.4 is 0 Å². The third kappa shape index (κ3) is 4.97. The van der Waals surface area contributed by atoms with Gasteiger partial charge in [-0.25, -0.2) is 0 Å². The van der Waals surface area contributed by atoms with Gasteiger partial charge in [-0.15, -0.1) is 0 Å². The van der Waals surface area contributed by atoms with Crippen molar-refractivity contribution < 1.29 is 23.3 Å². The van der Waals surface area contributed by atoms with E-state index in [1.165, 1.54) is 0 Å². The summed E-state index contributed by atoms with van der Waals surface area (Å²) in [5.41, 5.74) is 0. The molecule has 0 heterocycles. The molecule has 5 heavy (non-hydrogen) atoms. The summed E-state index contributed by atoms with van der Waals surface area (Å²) in [5, 5.41) is 0. The van der Waals surface area contributed by atoms with Crippen LogP contribution >= 0.6 is 8.25 Å². The molecule has 0 aliphatic rings. The first kappa shape index (κ1) is 5.97. The van der Waals surface area contributed by atoms with Gasteiger partial charge in [0.1, 0.15) is 0 Å². The summed E-state index contributed by atoms with van der Waals surface area (Å²) in [5.74, 6) is 0. The number of hydrogen-bond donors (Lipinski definition) is 0. The van der Waals surface area contributed by atoms with Crippen LogP contribution in [0.2, 0.25) is 0 Å².